The van der Waals surface area contributed by atoms with Gasteiger partial charge in [0.1, 0.15) is 11.5 Å². The van der Waals surface area contributed by atoms with Crippen LogP contribution in [0.4, 0.5) is 0 Å². The zero-order valence-corrected chi connectivity index (χ0v) is 16.4. The molecule has 1 aliphatic rings. The molecule has 2 heterocycles. The van der Waals surface area contributed by atoms with E-state index in [-0.39, 0.29) is 0 Å². The van der Waals surface area contributed by atoms with E-state index in [1.165, 1.54) is 29.7 Å². The molecule has 0 aliphatic carbocycles. The lowest BCUT2D eigenvalue weighted by atomic mass is 9.90. The molecule has 0 spiro atoms. The first-order valence-corrected chi connectivity index (χ1v) is 9.55. The minimum absolute atomic E-state index is 0.535. The number of likely N-dealkylation sites (tertiary alicyclic amines) is 1. The topological polar surface area (TPSA) is 50.4 Å². The van der Waals surface area contributed by atoms with Crippen molar-refractivity contribution < 1.29 is 9.47 Å². The number of aromatic nitrogens is 2. The van der Waals surface area contributed by atoms with Gasteiger partial charge in [-0.1, -0.05) is 13.8 Å². The van der Waals surface area contributed by atoms with Crippen molar-refractivity contribution in [1.29, 1.82) is 0 Å². The van der Waals surface area contributed by atoms with E-state index in [0.717, 1.165) is 37.6 Å². The molecule has 1 aliphatic heterocycles. The second kappa shape index (κ2) is 8.58. The molecular formula is C21H31N3O2. The number of H-pyrrole nitrogens is 1. The first-order valence-electron chi connectivity index (χ1n) is 9.55. The number of benzene rings is 1. The summed E-state index contributed by atoms with van der Waals surface area (Å²) in [6, 6.07) is 6.13. The van der Waals surface area contributed by atoms with E-state index >= 15 is 0 Å². The highest BCUT2D eigenvalue weighted by Crippen LogP contribution is 2.30. The molecule has 2 aromatic rings. The van der Waals surface area contributed by atoms with Gasteiger partial charge in [0, 0.05) is 30.8 Å². The predicted molar refractivity (Wildman–Crippen MR) is 104 cm³/mol. The summed E-state index contributed by atoms with van der Waals surface area (Å²) in [4.78, 5) is 2.53. The number of hydrogen-bond donors (Lipinski definition) is 1. The molecule has 5 heteroatoms. The van der Waals surface area contributed by atoms with Crippen molar-refractivity contribution in [2.75, 3.05) is 27.3 Å². The van der Waals surface area contributed by atoms with E-state index in [9.17, 15) is 0 Å². The van der Waals surface area contributed by atoms with Crippen molar-refractivity contribution >= 4 is 0 Å². The van der Waals surface area contributed by atoms with Crippen LogP contribution in [0.15, 0.2) is 24.4 Å². The van der Waals surface area contributed by atoms with Gasteiger partial charge in [-0.05, 0) is 55.0 Å². The van der Waals surface area contributed by atoms with Gasteiger partial charge >= 0.3 is 0 Å². The highest BCUT2D eigenvalue weighted by molar-refractivity contribution is 5.38. The van der Waals surface area contributed by atoms with Crippen LogP contribution in [-0.2, 0) is 13.0 Å². The molecule has 0 radical (unpaired) electrons. The number of aromatic amines is 1. The van der Waals surface area contributed by atoms with Crippen LogP contribution < -0.4 is 9.47 Å². The lowest BCUT2D eigenvalue weighted by Gasteiger charge is -2.33. The fraction of sp³-hybridized carbons (Fsp3) is 0.571. The van der Waals surface area contributed by atoms with Gasteiger partial charge in [0.2, 0.25) is 0 Å². The van der Waals surface area contributed by atoms with Crippen molar-refractivity contribution in [2.45, 2.75) is 45.6 Å². The van der Waals surface area contributed by atoms with Crippen LogP contribution in [0.3, 0.4) is 0 Å². The smallest absolute Gasteiger partial charge is 0.122 e. The van der Waals surface area contributed by atoms with Gasteiger partial charge in [-0.3, -0.25) is 10.00 Å². The van der Waals surface area contributed by atoms with Crippen molar-refractivity contribution in [3.05, 3.63) is 41.2 Å². The second-order valence-corrected chi connectivity index (χ2v) is 7.70. The maximum atomic E-state index is 5.41. The van der Waals surface area contributed by atoms with E-state index in [2.05, 4.69) is 41.1 Å². The summed E-state index contributed by atoms with van der Waals surface area (Å²) in [5.41, 5.74) is 3.95. The molecule has 1 aromatic carbocycles. The summed E-state index contributed by atoms with van der Waals surface area (Å²) in [5, 5.41) is 7.61. The summed E-state index contributed by atoms with van der Waals surface area (Å²) in [5.74, 6) is 2.88. The minimum atomic E-state index is 0.535. The molecule has 26 heavy (non-hydrogen) atoms. The van der Waals surface area contributed by atoms with Crippen molar-refractivity contribution in [3.63, 3.8) is 0 Å². The van der Waals surface area contributed by atoms with Crippen molar-refractivity contribution in [3.8, 4) is 11.5 Å². The maximum absolute atomic E-state index is 5.41. The highest BCUT2D eigenvalue weighted by atomic mass is 16.5. The van der Waals surface area contributed by atoms with Crippen molar-refractivity contribution in [1.82, 2.24) is 15.1 Å². The van der Waals surface area contributed by atoms with Gasteiger partial charge in [-0.25, -0.2) is 0 Å². The Balaban J connectivity index is 1.70. The fourth-order valence-corrected chi connectivity index (χ4v) is 3.93. The summed E-state index contributed by atoms with van der Waals surface area (Å²) in [6.45, 7) is 7.63. The molecule has 142 valence electrons. The van der Waals surface area contributed by atoms with Gasteiger partial charge in [0.15, 0.2) is 0 Å². The Morgan fingerprint density at radius 2 is 1.92 bits per heavy atom. The Labute approximate surface area is 156 Å². The summed E-state index contributed by atoms with van der Waals surface area (Å²) in [7, 11) is 3.40. The van der Waals surface area contributed by atoms with Crippen LogP contribution in [0.1, 0.15) is 49.4 Å². The summed E-state index contributed by atoms with van der Waals surface area (Å²) >= 11 is 0. The Morgan fingerprint density at radius 3 is 2.58 bits per heavy atom. The molecule has 1 fully saturated rings. The van der Waals surface area contributed by atoms with E-state index < -0.39 is 0 Å². The SMILES string of the molecule is COc1cc(CN2CCC[C@H](c3[nH]ncc3CC(C)C)C2)cc(OC)c1. The van der Waals surface area contributed by atoms with Gasteiger partial charge < -0.3 is 9.47 Å². The number of ether oxygens (including phenoxy) is 2. The maximum Gasteiger partial charge on any atom is 0.122 e. The monoisotopic (exact) mass is 357 g/mol. The Morgan fingerprint density at radius 1 is 1.19 bits per heavy atom. The fourth-order valence-electron chi connectivity index (χ4n) is 3.93. The number of rotatable bonds is 7. The Kier molecular flexibility index (Phi) is 6.20. The zero-order chi connectivity index (χ0) is 18.5. The third-order valence-electron chi connectivity index (χ3n) is 5.11. The van der Waals surface area contributed by atoms with Crippen LogP contribution in [0.5, 0.6) is 11.5 Å². The predicted octanol–water partition coefficient (Wildman–Crippen LogP) is 4.01. The number of methoxy groups -OCH3 is 2. The molecule has 1 N–H and O–H groups in total. The van der Waals surface area contributed by atoms with Gasteiger partial charge in [-0.2, -0.15) is 5.10 Å². The van der Waals surface area contributed by atoms with Crippen LogP contribution in [0.25, 0.3) is 0 Å². The van der Waals surface area contributed by atoms with E-state index in [0.29, 0.717) is 11.8 Å². The van der Waals surface area contributed by atoms with Gasteiger partial charge in [0.25, 0.3) is 0 Å². The van der Waals surface area contributed by atoms with E-state index in [1.54, 1.807) is 14.2 Å². The zero-order valence-electron chi connectivity index (χ0n) is 16.4. The third kappa shape index (κ3) is 4.58. The average molecular weight is 357 g/mol. The lowest BCUT2D eigenvalue weighted by Crippen LogP contribution is -2.34. The van der Waals surface area contributed by atoms with Crippen LogP contribution >= 0.6 is 0 Å². The first-order chi connectivity index (χ1) is 12.6. The number of nitrogens with one attached hydrogen (secondary N) is 1. The first kappa shape index (κ1) is 18.8. The second-order valence-electron chi connectivity index (χ2n) is 7.70. The average Bonchev–Trinajstić information content (AvgIpc) is 3.09. The summed E-state index contributed by atoms with van der Waals surface area (Å²) < 4.78 is 10.8. The van der Waals surface area contributed by atoms with E-state index in [4.69, 9.17) is 9.47 Å². The molecule has 3 rings (SSSR count). The molecule has 5 nitrogen and oxygen atoms in total. The minimum Gasteiger partial charge on any atom is -0.497 e. The van der Waals surface area contributed by atoms with Crippen LogP contribution in [-0.4, -0.2) is 42.4 Å². The largest absolute Gasteiger partial charge is 0.497 e. The molecule has 0 unspecified atom stereocenters. The standard InChI is InChI=1S/C21H31N3O2/c1-15(2)8-18-12-22-23-21(18)17-6-5-7-24(14-17)13-16-9-19(25-3)11-20(10-16)26-4/h9-12,15,17H,5-8,13-14H2,1-4H3,(H,22,23)/t17-/m0/s1. The molecule has 0 saturated carbocycles. The quantitative estimate of drug-likeness (QED) is 0.813. The van der Waals surface area contributed by atoms with E-state index in [1.807, 2.05) is 12.3 Å². The Hall–Kier alpha value is -2.01. The number of piperidine rings is 1. The summed E-state index contributed by atoms with van der Waals surface area (Å²) in [6.07, 6.45) is 5.55. The molecule has 1 atom stereocenters. The highest BCUT2D eigenvalue weighted by Gasteiger charge is 2.25. The number of nitrogens with zero attached hydrogens (tertiary/aromatic N) is 2. The molecule has 0 bridgehead atoms. The van der Waals surface area contributed by atoms with Gasteiger partial charge in [-0.15, -0.1) is 0 Å². The molecule has 1 aromatic heterocycles. The normalized spacial score (nSPS) is 18.3. The van der Waals surface area contributed by atoms with Crippen LogP contribution in [0.2, 0.25) is 0 Å². The number of hydrogen-bond acceptors (Lipinski definition) is 4. The lowest BCUT2D eigenvalue weighted by molar-refractivity contribution is 0.197. The van der Waals surface area contributed by atoms with Crippen molar-refractivity contribution in [2.24, 2.45) is 5.92 Å². The molecule has 1 saturated heterocycles. The molecule has 0 amide bonds. The van der Waals surface area contributed by atoms with Crippen LogP contribution in [0, 0.1) is 5.92 Å². The third-order valence-corrected chi connectivity index (χ3v) is 5.11. The molecular weight excluding hydrogens is 326 g/mol. The van der Waals surface area contributed by atoms with Gasteiger partial charge in [0.05, 0.1) is 20.4 Å². The Bertz CT molecular complexity index is 689.